The van der Waals surface area contributed by atoms with E-state index in [1.54, 1.807) is 10.3 Å². The number of nitrogens with zero attached hydrogens (tertiary/aromatic N) is 1. The second kappa shape index (κ2) is 9.08. The largest absolute Gasteiger partial charge is 0.378 e. The number of amides is 3. The molecular formula is C22H24ClN3O4S. The number of carbonyl (C=O) groups excluding carboxylic acids is 3. The van der Waals surface area contributed by atoms with E-state index in [4.69, 9.17) is 11.6 Å². The summed E-state index contributed by atoms with van der Waals surface area (Å²) >= 11 is 7.62. The van der Waals surface area contributed by atoms with Crippen LogP contribution in [0, 0.1) is 6.92 Å². The quantitative estimate of drug-likeness (QED) is 0.453. The van der Waals surface area contributed by atoms with Crippen LogP contribution in [0.25, 0.3) is 0 Å². The van der Waals surface area contributed by atoms with Crippen LogP contribution in [0.2, 0.25) is 5.02 Å². The summed E-state index contributed by atoms with van der Waals surface area (Å²) in [5.41, 5.74) is 3.41. The molecule has 0 radical (unpaired) electrons. The maximum Gasteiger partial charge on any atom is 0.256 e. The maximum absolute atomic E-state index is 12.9. The first kappa shape index (κ1) is 22.0. The van der Waals surface area contributed by atoms with Crippen LogP contribution < -0.4 is 10.6 Å². The van der Waals surface area contributed by atoms with Crippen LogP contribution in [0.15, 0.2) is 23.6 Å². The van der Waals surface area contributed by atoms with Crippen LogP contribution in [0.3, 0.4) is 0 Å². The predicted molar refractivity (Wildman–Crippen MR) is 118 cm³/mol. The molecule has 2 aromatic rings. The summed E-state index contributed by atoms with van der Waals surface area (Å²) in [6.45, 7) is 2.68. The highest BCUT2D eigenvalue weighted by Crippen LogP contribution is 2.33. The van der Waals surface area contributed by atoms with Crippen LogP contribution in [-0.4, -0.2) is 40.0 Å². The Morgan fingerprint density at radius 3 is 2.94 bits per heavy atom. The minimum Gasteiger partial charge on any atom is -0.378 e. The number of carbonyl (C=O) groups is 3. The molecule has 7 nitrogen and oxygen atoms in total. The lowest BCUT2D eigenvalue weighted by molar-refractivity contribution is -0.132. The molecule has 3 amide bonds. The molecule has 1 unspecified atom stereocenters. The molecule has 0 saturated carbocycles. The van der Waals surface area contributed by atoms with E-state index in [1.165, 1.54) is 11.3 Å². The number of benzene rings is 1. The van der Waals surface area contributed by atoms with Gasteiger partial charge >= 0.3 is 0 Å². The van der Waals surface area contributed by atoms with Gasteiger partial charge in [0.2, 0.25) is 11.8 Å². The summed E-state index contributed by atoms with van der Waals surface area (Å²) < 4.78 is 0. The van der Waals surface area contributed by atoms with Crippen molar-refractivity contribution in [1.29, 1.82) is 0 Å². The lowest BCUT2D eigenvalue weighted by Crippen LogP contribution is -2.47. The Kier molecular flexibility index (Phi) is 6.43. The van der Waals surface area contributed by atoms with E-state index >= 15 is 0 Å². The maximum atomic E-state index is 12.9. The number of hydrogen-bond donors (Lipinski definition) is 3. The van der Waals surface area contributed by atoms with E-state index in [9.17, 15) is 19.5 Å². The molecule has 1 fully saturated rings. The summed E-state index contributed by atoms with van der Waals surface area (Å²) in [6.07, 6.45) is 0.994. The molecule has 4 rings (SSSR count). The second-order valence-corrected chi connectivity index (χ2v) is 9.36. The van der Waals surface area contributed by atoms with Gasteiger partial charge < -0.3 is 10.0 Å². The molecular weight excluding hydrogens is 438 g/mol. The number of aliphatic hydroxyl groups is 1. The number of fused-ring (bicyclic) bond motifs is 1. The third-order valence-electron chi connectivity index (χ3n) is 5.79. The molecule has 9 heteroatoms. The fraction of sp³-hybridized carbons (Fsp3) is 0.409. The Hall–Kier alpha value is -2.26. The van der Waals surface area contributed by atoms with Crippen LogP contribution in [0.4, 0.5) is 0 Å². The van der Waals surface area contributed by atoms with Crippen molar-refractivity contribution in [3.05, 3.63) is 55.7 Å². The first-order valence-electron chi connectivity index (χ1n) is 10.2. The Labute approximate surface area is 189 Å². The number of aryl methyl sites for hydroxylation is 1. The summed E-state index contributed by atoms with van der Waals surface area (Å²) in [5.74, 6) is -0.875. The number of hydrogen-bond acceptors (Lipinski definition) is 6. The number of thiophene rings is 1. The van der Waals surface area contributed by atoms with E-state index < -0.39 is 18.2 Å². The second-order valence-electron chi connectivity index (χ2n) is 7.99. The molecule has 0 spiro atoms. The highest BCUT2D eigenvalue weighted by molar-refractivity contribution is 7.10. The van der Waals surface area contributed by atoms with Crippen LogP contribution in [0.5, 0.6) is 0 Å². The van der Waals surface area contributed by atoms with Gasteiger partial charge in [0.15, 0.2) is 0 Å². The Bertz CT molecular complexity index is 1040. The molecule has 1 aromatic carbocycles. The van der Waals surface area contributed by atoms with Crippen LogP contribution >= 0.6 is 22.9 Å². The highest BCUT2D eigenvalue weighted by Gasteiger charge is 2.39. The fourth-order valence-corrected chi connectivity index (χ4v) is 5.20. The van der Waals surface area contributed by atoms with Crippen molar-refractivity contribution in [2.45, 2.75) is 58.0 Å². The number of nitrogens with one attached hydrogen (secondary N) is 2. The molecule has 3 heterocycles. The van der Waals surface area contributed by atoms with E-state index in [0.717, 1.165) is 21.6 Å². The van der Waals surface area contributed by atoms with E-state index in [0.29, 0.717) is 49.4 Å². The monoisotopic (exact) mass is 461 g/mol. The van der Waals surface area contributed by atoms with Crippen molar-refractivity contribution < 1.29 is 19.5 Å². The van der Waals surface area contributed by atoms with Gasteiger partial charge in [0, 0.05) is 41.2 Å². The number of imide groups is 1. The highest BCUT2D eigenvalue weighted by atomic mass is 35.5. The number of halogens is 1. The Morgan fingerprint density at radius 1 is 1.35 bits per heavy atom. The van der Waals surface area contributed by atoms with Gasteiger partial charge in [-0.1, -0.05) is 23.7 Å². The topological polar surface area (TPSA) is 98.7 Å². The molecule has 2 atom stereocenters. The molecule has 1 saturated heterocycles. The molecule has 1 aromatic heterocycles. The van der Waals surface area contributed by atoms with Crippen molar-refractivity contribution in [1.82, 2.24) is 15.5 Å². The molecule has 0 bridgehead atoms. The van der Waals surface area contributed by atoms with Gasteiger partial charge in [-0.25, -0.2) is 0 Å². The van der Waals surface area contributed by atoms with Gasteiger partial charge in [-0.05, 0) is 42.5 Å². The first-order chi connectivity index (χ1) is 14.8. The van der Waals surface area contributed by atoms with Crippen LogP contribution in [-0.2, 0) is 29.1 Å². The third-order valence-corrected chi connectivity index (χ3v) is 7.22. The van der Waals surface area contributed by atoms with Gasteiger partial charge in [0.05, 0.1) is 5.56 Å². The van der Waals surface area contributed by atoms with Gasteiger partial charge in [-0.3, -0.25) is 25.0 Å². The fourth-order valence-electron chi connectivity index (χ4n) is 4.01. The predicted octanol–water partition coefficient (Wildman–Crippen LogP) is 2.51. The summed E-state index contributed by atoms with van der Waals surface area (Å²) in [6, 6.07) is 5.08. The zero-order valence-corrected chi connectivity index (χ0v) is 18.7. The third kappa shape index (κ3) is 4.67. The molecule has 31 heavy (non-hydrogen) atoms. The lowest BCUT2D eigenvalue weighted by atomic mass is 10.1. The van der Waals surface area contributed by atoms with Crippen LogP contribution in [0.1, 0.15) is 51.2 Å². The molecule has 3 N–H and O–H groups in total. The zero-order valence-electron chi connectivity index (χ0n) is 17.1. The molecule has 0 aliphatic carbocycles. The average Bonchev–Trinajstić information content (AvgIpc) is 3.21. The van der Waals surface area contributed by atoms with Crippen molar-refractivity contribution in [2.75, 3.05) is 0 Å². The minimum atomic E-state index is -0.761. The van der Waals surface area contributed by atoms with E-state index in [-0.39, 0.29) is 11.8 Å². The first-order valence-corrected chi connectivity index (χ1v) is 11.5. The molecule has 2 aliphatic rings. The summed E-state index contributed by atoms with van der Waals surface area (Å²) in [5, 5.41) is 18.3. The van der Waals surface area contributed by atoms with E-state index in [2.05, 4.69) is 10.6 Å². The molecule has 2 aliphatic heterocycles. The van der Waals surface area contributed by atoms with Crippen molar-refractivity contribution >= 4 is 40.7 Å². The number of rotatable bonds is 6. The summed E-state index contributed by atoms with van der Waals surface area (Å²) in [7, 11) is 0. The Balaban J connectivity index is 1.39. The average molecular weight is 462 g/mol. The summed E-state index contributed by atoms with van der Waals surface area (Å²) in [4.78, 5) is 39.4. The smallest absolute Gasteiger partial charge is 0.256 e. The van der Waals surface area contributed by atoms with Crippen molar-refractivity contribution in [3.63, 3.8) is 0 Å². The standard InChI is InChI=1S/C22H24ClN3O4S/c1-12-5-6-13(7-16(12)23)8-20(28)24-9-18-14-10-26(22(30)15(14)11-31-18)17-3-2-4-19(27)25-21(17)29/h5-7,11,17,20,24,28H,2-4,8-10H2,1H3,(H,25,27,29)/t17-,20?/m0/s1. The lowest BCUT2D eigenvalue weighted by Gasteiger charge is -2.25. The SMILES string of the molecule is Cc1ccc(CC(O)NCc2scc3c2CN([C@H]2CCCC(=O)NC2=O)C3=O)cc1Cl. The van der Waals surface area contributed by atoms with Gasteiger partial charge in [-0.2, -0.15) is 0 Å². The van der Waals surface area contributed by atoms with Gasteiger partial charge in [0.25, 0.3) is 5.91 Å². The van der Waals surface area contributed by atoms with Crippen molar-refractivity contribution in [2.24, 2.45) is 0 Å². The van der Waals surface area contributed by atoms with Crippen molar-refractivity contribution in [3.8, 4) is 0 Å². The zero-order chi connectivity index (χ0) is 22.1. The normalized spacial score (nSPS) is 19.9. The van der Waals surface area contributed by atoms with Gasteiger partial charge in [0.1, 0.15) is 12.3 Å². The van der Waals surface area contributed by atoms with Gasteiger partial charge in [-0.15, -0.1) is 11.3 Å². The Morgan fingerprint density at radius 2 is 2.16 bits per heavy atom. The minimum absolute atomic E-state index is 0.179. The molecule has 164 valence electrons. The van der Waals surface area contributed by atoms with E-state index in [1.807, 2.05) is 25.1 Å². The number of aliphatic hydroxyl groups excluding tert-OH is 1.